The zero-order valence-corrected chi connectivity index (χ0v) is 11.4. The first kappa shape index (κ1) is 13.8. The van der Waals surface area contributed by atoms with Crippen LogP contribution in [0.5, 0.6) is 5.75 Å². The van der Waals surface area contributed by atoms with E-state index < -0.39 is 0 Å². The summed E-state index contributed by atoms with van der Waals surface area (Å²) in [4.78, 5) is 4.31. The monoisotopic (exact) mass is 260 g/mol. The molecule has 2 aromatic rings. The van der Waals surface area contributed by atoms with Gasteiger partial charge in [0.1, 0.15) is 12.4 Å². The molecule has 1 unspecified atom stereocenters. The zero-order valence-electron chi connectivity index (χ0n) is 11.4. The Balaban J connectivity index is 1.81. The minimum atomic E-state index is 0.340. The SMILES string of the molecule is COCC(C)NCCOc1ccc2cccnc2c1. The molecule has 4 nitrogen and oxygen atoms in total. The number of nitrogens with zero attached hydrogens (tertiary/aromatic N) is 1. The Kier molecular flexibility index (Phi) is 5.12. The molecular formula is C15H20N2O2. The molecule has 0 spiro atoms. The van der Waals surface area contributed by atoms with Gasteiger partial charge >= 0.3 is 0 Å². The van der Waals surface area contributed by atoms with E-state index in [2.05, 4.69) is 17.2 Å². The third-order valence-electron chi connectivity index (χ3n) is 2.86. The van der Waals surface area contributed by atoms with E-state index in [4.69, 9.17) is 9.47 Å². The van der Waals surface area contributed by atoms with Crippen molar-refractivity contribution >= 4 is 10.9 Å². The van der Waals surface area contributed by atoms with E-state index >= 15 is 0 Å². The van der Waals surface area contributed by atoms with Gasteiger partial charge in [-0.1, -0.05) is 6.07 Å². The first-order chi connectivity index (χ1) is 9.29. The van der Waals surface area contributed by atoms with Gasteiger partial charge in [0.15, 0.2) is 0 Å². The van der Waals surface area contributed by atoms with Gasteiger partial charge in [-0.05, 0) is 25.1 Å². The quantitative estimate of drug-likeness (QED) is 0.775. The maximum atomic E-state index is 5.70. The molecule has 19 heavy (non-hydrogen) atoms. The molecule has 0 aliphatic carbocycles. The van der Waals surface area contributed by atoms with Crippen LogP contribution in [0.25, 0.3) is 10.9 Å². The topological polar surface area (TPSA) is 43.4 Å². The van der Waals surface area contributed by atoms with Crippen molar-refractivity contribution in [3.8, 4) is 5.75 Å². The molecule has 0 saturated heterocycles. The lowest BCUT2D eigenvalue weighted by molar-refractivity contribution is 0.169. The Morgan fingerprint density at radius 2 is 2.21 bits per heavy atom. The highest BCUT2D eigenvalue weighted by atomic mass is 16.5. The standard InChI is InChI=1S/C15H20N2O2/c1-12(11-18-2)16-8-9-19-14-6-5-13-4-3-7-17-15(13)10-14/h3-7,10,12,16H,8-9,11H2,1-2H3. The molecule has 0 bridgehead atoms. The summed E-state index contributed by atoms with van der Waals surface area (Å²) in [6.45, 7) is 4.22. The molecule has 0 amide bonds. The van der Waals surface area contributed by atoms with E-state index in [0.717, 1.165) is 23.2 Å². The van der Waals surface area contributed by atoms with Crippen LogP contribution >= 0.6 is 0 Å². The van der Waals surface area contributed by atoms with Crippen LogP contribution in [-0.2, 0) is 4.74 Å². The number of nitrogens with one attached hydrogen (secondary N) is 1. The number of ether oxygens (including phenoxy) is 2. The first-order valence-electron chi connectivity index (χ1n) is 6.49. The van der Waals surface area contributed by atoms with Crippen molar-refractivity contribution in [2.75, 3.05) is 26.9 Å². The number of rotatable bonds is 7. The first-order valence-corrected chi connectivity index (χ1v) is 6.49. The van der Waals surface area contributed by atoms with Gasteiger partial charge in [-0.2, -0.15) is 0 Å². The van der Waals surface area contributed by atoms with Crippen LogP contribution in [0.15, 0.2) is 36.5 Å². The molecule has 2 rings (SSSR count). The molecule has 1 heterocycles. The van der Waals surface area contributed by atoms with Gasteiger partial charge in [0, 0.05) is 37.3 Å². The van der Waals surface area contributed by atoms with Crippen LogP contribution in [0.3, 0.4) is 0 Å². The smallest absolute Gasteiger partial charge is 0.121 e. The highest BCUT2D eigenvalue weighted by Gasteiger charge is 2.00. The van der Waals surface area contributed by atoms with Gasteiger partial charge in [-0.3, -0.25) is 4.98 Å². The van der Waals surface area contributed by atoms with Gasteiger partial charge in [0.05, 0.1) is 12.1 Å². The largest absolute Gasteiger partial charge is 0.492 e. The molecule has 1 aromatic heterocycles. The summed E-state index contributed by atoms with van der Waals surface area (Å²) in [5.41, 5.74) is 0.959. The van der Waals surface area contributed by atoms with Crippen LogP contribution < -0.4 is 10.1 Å². The molecule has 1 aromatic carbocycles. The van der Waals surface area contributed by atoms with Crippen LogP contribution in [0.2, 0.25) is 0 Å². The molecule has 0 fully saturated rings. The van der Waals surface area contributed by atoms with E-state index in [9.17, 15) is 0 Å². The number of pyridine rings is 1. The summed E-state index contributed by atoms with van der Waals surface area (Å²) in [6.07, 6.45) is 1.79. The van der Waals surface area contributed by atoms with Crippen molar-refractivity contribution in [1.29, 1.82) is 0 Å². The van der Waals surface area contributed by atoms with E-state index in [1.165, 1.54) is 0 Å². The molecular weight excluding hydrogens is 240 g/mol. The minimum Gasteiger partial charge on any atom is -0.492 e. The average Bonchev–Trinajstić information content (AvgIpc) is 2.44. The molecule has 0 aliphatic heterocycles. The van der Waals surface area contributed by atoms with Crippen molar-refractivity contribution in [3.05, 3.63) is 36.5 Å². The Morgan fingerprint density at radius 3 is 3.05 bits per heavy atom. The van der Waals surface area contributed by atoms with E-state index in [-0.39, 0.29) is 0 Å². The lowest BCUT2D eigenvalue weighted by Crippen LogP contribution is -2.33. The Labute approximate surface area is 113 Å². The lowest BCUT2D eigenvalue weighted by Gasteiger charge is -2.13. The molecule has 1 N–H and O–H groups in total. The number of hydrogen-bond donors (Lipinski definition) is 1. The second kappa shape index (κ2) is 7.07. The fraction of sp³-hybridized carbons (Fsp3) is 0.400. The molecule has 0 radical (unpaired) electrons. The fourth-order valence-electron chi connectivity index (χ4n) is 1.92. The highest BCUT2D eigenvalue weighted by Crippen LogP contribution is 2.18. The third-order valence-corrected chi connectivity index (χ3v) is 2.86. The number of benzene rings is 1. The number of fused-ring (bicyclic) bond motifs is 1. The normalized spacial score (nSPS) is 12.5. The molecule has 0 aliphatic rings. The van der Waals surface area contributed by atoms with Crippen LogP contribution in [0.4, 0.5) is 0 Å². The Bertz CT molecular complexity index is 516. The second-order valence-corrected chi connectivity index (χ2v) is 4.52. The molecule has 4 heteroatoms. The number of aromatic nitrogens is 1. The summed E-state index contributed by atoms with van der Waals surface area (Å²) >= 11 is 0. The van der Waals surface area contributed by atoms with Crippen molar-refractivity contribution in [3.63, 3.8) is 0 Å². The molecule has 102 valence electrons. The van der Waals surface area contributed by atoms with Gasteiger partial charge in [0.25, 0.3) is 0 Å². The number of methoxy groups -OCH3 is 1. The zero-order chi connectivity index (χ0) is 13.5. The van der Waals surface area contributed by atoms with E-state index in [1.54, 1.807) is 13.3 Å². The molecule has 1 atom stereocenters. The Hall–Kier alpha value is -1.65. The van der Waals surface area contributed by atoms with Gasteiger partial charge in [0.2, 0.25) is 0 Å². The van der Waals surface area contributed by atoms with Crippen LogP contribution in [0.1, 0.15) is 6.92 Å². The summed E-state index contributed by atoms with van der Waals surface area (Å²) in [5, 5.41) is 4.45. The summed E-state index contributed by atoms with van der Waals surface area (Å²) in [5.74, 6) is 0.854. The predicted octanol–water partition coefficient (Wildman–Crippen LogP) is 2.24. The van der Waals surface area contributed by atoms with Crippen LogP contribution in [-0.4, -0.2) is 37.9 Å². The number of hydrogen-bond acceptors (Lipinski definition) is 4. The van der Waals surface area contributed by atoms with Crippen LogP contribution in [0, 0.1) is 0 Å². The van der Waals surface area contributed by atoms with E-state index in [1.807, 2.05) is 30.3 Å². The third kappa shape index (κ3) is 4.19. The van der Waals surface area contributed by atoms with E-state index in [0.29, 0.717) is 19.3 Å². The second-order valence-electron chi connectivity index (χ2n) is 4.52. The maximum absolute atomic E-state index is 5.70. The lowest BCUT2D eigenvalue weighted by atomic mass is 10.2. The summed E-state index contributed by atoms with van der Waals surface area (Å²) < 4.78 is 10.8. The average molecular weight is 260 g/mol. The van der Waals surface area contributed by atoms with Crippen molar-refractivity contribution < 1.29 is 9.47 Å². The minimum absolute atomic E-state index is 0.340. The maximum Gasteiger partial charge on any atom is 0.121 e. The summed E-state index contributed by atoms with van der Waals surface area (Å²) in [7, 11) is 1.71. The fourth-order valence-corrected chi connectivity index (χ4v) is 1.92. The van der Waals surface area contributed by atoms with Crippen molar-refractivity contribution in [2.24, 2.45) is 0 Å². The molecule has 0 saturated carbocycles. The van der Waals surface area contributed by atoms with Gasteiger partial charge in [-0.15, -0.1) is 0 Å². The Morgan fingerprint density at radius 1 is 1.32 bits per heavy atom. The highest BCUT2D eigenvalue weighted by molar-refractivity contribution is 5.79. The van der Waals surface area contributed by atoms with Gasteiger partial charge < -0.3 is 14.8 Å². The van der Waals surface area contributed by atoms with Crippen molar-refractivity contribution in [1.82, 2.24) is 10.3 Å². The summed E-state index contributed by atoms with van der Waals surface area (Å²) in [6, 6.07) is 10.3. The predicted molar refractivity (Wildman–Crippen MR) is 76.6 cm³/mol. The van der Waals surface area contributed by atoms with Gasteiger partial charge in [-0.25, -0.2) is 0 Å². The van der Waals surface area contributed by atoms with Crippen molar-refractivity contribution in [2.45, 2.75) is 13.0 Å².